The summed E-state index contributed by atoms with van der Waals surface area (Å²) in [4.78, 5) is 12.6. The highest BCUT2D eigenvalue weighted by Gasteiger charge is 2.12. The van der Waals surface area contributed by atoms with Crippen LogP contribution in [0.4, 0.5) is 0 Å². The lowest BCUT2D eigenvalue weighted by Crippen LogP contribution is -2.19. The molecular weight excluding hydrogens is 274 g/mol. The average molecular weight is 289 g/mol. The van der Waals surface area contributed by atoms with Crippen LogP contribution in [0.25, 0.3) is 32.9 Å². The van der Waals surface area contributed by atoms with Gasteiger partial charge in [0.2, 0.25) is 0 Å². The highest BCUT2D eigenvalue weighted by molar-refractivity contribution is 6.04. The molecule has 2 aromatic carbocycles. The summed E-state index contributed by atoms with van der Waals surface area (Å²) < 4.78 is 1.81. The van der Waals surface area contributed by atoms with Crippen LogP contribution < -0.4 is 5.56 Å². The molecule has 2 heterocycles. The molecule has 0 bridgehead atoms. The first-order chi connectivity index (χ1) is 10.8. The van der Waals surface area contributed by atoms with Gasteiger partial charge in [0.15, 0.2) is 0 Å². The Kier molecular flexibility index (Phi) is 2.82. The van der Waals surface area contributed by atoms with Gasteiger partial charge in [-0.1, -0.05) is 42.5 Å². The Morgan fingerprint density at radius 2 is 1.86 bits per heavy atom. The standard InChI is InChI=1S/C18H15N3O/c1-2-21-16-10-13(12-6-4-3-5-7-12)8-9-14(16)17-15(18(21)22)11-19-20-17/h3-11H,2H2,1H3,(H,19,20). The van der Waals surface area contributed by atoms with E-state index < -0.39 is 0 Å². The normalized spacial score (nSPS) is 11.3. The first kappa shape index (κ1) is 12.8. The SMILES string of the molecule is CCn1c(=O)c2cn[nH]c2c2ccc(-c3ccccc3)cc21. The molecule has 0 saturated heterocycles. The fourth-order valence-corrected chi connectivity index (χ4v) is 3.00. The third kappa shape index (κ3) is 1.77. The Balaban J connectivity index is 2.11. The number of fused-ring (bicyclic) bond motifs is 3. The second-order valence-corrected chi connectivity index (χ2v) is 5.31. The lowest BCUT2D eigenvalue weighted by atomic mass is 10.0. The number of benzene rings is 2. The molecule has 2 aromatic heterocycles. The van der Waals surface area contributed by atoms with Gasteiger partial charge in [-0.2, -0.15) is 5.10 Å². The van der Waals surface area contributed by atoms with E-state index in [0.717, 1.165) is 27.5 Å². The molecule has 0 saturated carbocycles. The molecule has 0 unspecified atom stereocenters. The number of hydrogen-bond donors (Lipinski definition) is 1. The molecule has 108 valence electrons. The third-order valence-electron chi connectivity index (χ3n) is 4.10. The van der Waals surface area contributed by atoms with Gasteiger partial charge in [-0.3, -0.25) is 9.89 Å². The van der Waals surface area contributed by atoms with Gasteiger partial charge in [0, 0.05) is 11.9 Å². The average Bonchev–Trinajstić information content (AvgIpc) is 3.06. The molecule has 0 aliphatic carbocycles. The van der Waals surface area contributed by atoms with Gasteiger partial charge in [-0.15, -0.1) is 0 Å². The molecule has 0 aliphatic rings. The minimum Gasteiger partial charge on any atom is -0.308 e. The summed E-state index contributed by atoms with van der Waals surface area (Å²) in [6, 6.07) is 16.4. The monoisotopic (exact) mass is 289 g/mol. The van der Waals surface area contributed by atoms with Gasteiger partial charge in [-0.05, 0) is 24.1 Å². The van der Waals surface area contributed by atoms with Crippen LogP contribution in [0.3, 0.4) is 0 Å². The lowest BCUT2D eigenvalue weighted by Gasteiger charge is -2.11. The van der Waals surface area contributed by atoms with Crippen LogP contribution in [-0.4, -0.2) is 14.8 Å². The summed E-state index contributed by atoms with van der Waals surface area (Å²) in [6.45, 7) is 2.62. The zero-order valence-electron chi connectivity index (χ0n) is 12.2. The number of aromatic amines is 1. The smallest absolute Gasteiger partial charge is 0.262 e. The van der Waals surface area contributed by atoms with Gasteiger partial charge in [0.1, 0.15) is 0 Å². The Morgan fingerprint density at radius 3 is 2.64 bits per heavy atom. The number of nitrogens with zero attached hydrogens (tertiary/aromatic N) is 2. The highest BCUT2D eigenvalue weighted by atomic mass is 16.1. The van der Waals surface area contributed by atoms with Crippen molar-refractivity contribution in [1.82, 2.24) is 14.8 Å². The molecule has 0 aliphatic heterocycles. The van der Waals surface area contributed by atoms with Gasteiger partial charge >= 0.3 is 0 Å². The predicted octanol–water partition coefficient (Wildman–Crippen LogP) is 3.56. The van der Waals surface area contributed by atoms with Crippen LogP contribution in [0.5, 0.6) is 0 Å². The summed E-state index contributed by atoms with van der Waals surface area (Å²) in [5.74, 6) is 0. The molecule has 22 heavy (non-hydrogen) atoms. The van der Waals surface area contributed by atoms with Gasteiger partial charge < -0.3 is 4.57 Å². The minimum atomic E-state index is 0.00367. The lowest BCUT2D eigenvalue weighted by molar-refractivity contribution is 0.767. The van der Waals surface area contributed by atoms with Crippen molar-refractivity contribution in [2.24, 2.45) is 0 Å². The van der Waals surface area contributed by atoms with Crippen molar-refractivity contribution in [2.75, 3.05) is 0 Å². The van der Waals surface area contributed by atoms with Crippen molar-refractivity contribution in [3.8, 4) is 11.1 Å². The van der Waals surface area contributed by atoms with E-state index in [2.05, 4.69) is 40.5 Å². The van der Waals surface area contributed by atoms with Gasteiger partial charge in [0.05, 0.1) is 22.6 Å². The molecule has 0 radical (unpaired) electrons. The Labute approximate surface area is 127 Å². The fourth-order valence-electron chi connectivity index (χ4n) is 3.00. The third-order valence-corrected chi connectivity index (χ3v) is 4.10. The number of nitrogens with one attached hydrogen (secondary N) is 1. The van der Waals surface area contributed by atoms with Crippen LogP contribution in [-0.2, 0) is 6.54 Å². The number of aromatic nitrogens is 3. The number of pyridine rings is 1. The summed E-state index contributed by atoms with van der Waals surface area (Å²) in [7, 11) is 0. The van der Waals surface area contributed by atoms with Gasteiger partial charge in [-0.25, -0.2) is 0 Å². The molecule has 0 amide bonds. The van der Waals surface area contributed by atoms with E-state index in [1.807, 2.05) is 25.1 Å². The highest BCUT2D eigenvalue weighted by Crippen LogP contribution is 2.27. The molecular formula is C18H15N3O. The zero-order chi connectivity index (χ0) is 15.1. The van der Waals surface area contributed by atoms with E-state index in [1.165, 1.54) is 0 Å². The maximum absolute atomic E-state index is 12.6. The van der Waals surface area contributed by atoms with Crippen LogP contribution >= 0.6 is 0 Å². The van der Waals surface area contributed by atoms with Crippen LogP contribution in [0.15, 0.2) is 59.5 Å². The van der Waals surface area contributed by atoms with Crippen molar-refractivity contribution in [3.63, 3.8) is 0 Å². The maximum Gasteiger partial charge on any atom is 0.262 e. The van der Waals surface area contributed by atoms with Crippen molar-refractivity contribution in [1.29, 1.82) is 0 Å². The molecule has 0 fully saturated rings. The van der Waals surface area contributed by atoms with Crippen molar-refractivity contribution >= 4 is 21.8 Å². The quantitative estimate of drug-likeness (QED) is 0.613. The Hall–Kier alpha value is -2.88. The van der Waals surface area contributed by atoms with E-state index in [0.29, 0.717) is 11.9 Å². The number of aryl methyl sites for hydroxylation is 1. The number of H-pyrrole nitrogens is 1. The summed E-state index contributed by atoms with van der Waals surface area (Å²) in [5, 5.41) is 8.64. The molecule has 0 atom stereocenters. The van der Waals surface area contributed by atoms with Gasteiger partial charge in [0.25, 0.3) is 5.56 Å². The van der Waals surface area contributed by atoms with Crippen LogP contribution in [0.1, 0.15) is 6.92 Å². The van der Waals surface area contributed by atoms with E-state index in [-0.39, 0.29) is 5.56 Å². The zero-order valence-corrected chi connectivity index (χ0v) is 12.2. The first-order valence-electron chi connectivity index (χ1n) is 7.34. The maximum atomic E-state index is 12.6. The number of hydrogen-bond acceptors (Lipinski definition) is 2. The van der Waals surface area contributed by atoms with Crippen molar-refractivity contribution in [2.45, 2.75) is 13.5 Å². The van der Waals surface area contributed by atoms with Crippen LogP contribution in [0, 0.1) is 0 Å². The predicted molar refractivity (Wildman–Crippen MR) is 89.0 cm³/mol. The van der Waals surface area contributed by atoms with Crippen LogP contribution in [0.2, 0.25) is 0 Å². The molecule has 4 aromatic rings. The molecule has 4 heteroatoms. The molecule has 1 N–H and O–H groups in total. The van der Waals surface area contributed by atoms with E-state index >= 15 is 0 Å². The topological polar surface area (TPSA) is 50.7 Å². The summed E-state index contributed by atoms with van der Waals surface area (Å²) in [5.41, 5.74) is 4.00. The fraction of sp³-hybridized carbons (Fsp3) is 0.111. The second-order valence-electron chi connectivity index (χ2n) is 5.31. The Bertz CT molecular complexity index is 1030. The molecule has 0 spiro atoms. The van der Waals surface area contributed by atoms with Crippen molar-refractivity contribution < 1.29 is 0 Å². The number of rotatable bonds is 2. The minimum absolute atomic E-state index is 0.00367. The molecule has 4 rings (SSSR count). The second kappa shape index (κ2) is 4.84. The van der Waals surface area contributed by atoms with E-state index in [4.69, 9.17) is 0 Å². The van der Waals surface area contributed by atoms with Crippen molar-refractivity contribution in [3.05, 3.63) is 65.1 Å². The molecule has 4 nitrogen and oxygen atoms in total. The van der Waals surface area contributed by atoms with E-state index in [9.17, 15) is 4.79 Å². The summed E-state index contributed by atoms with van der Waals surface area (Å²) >= 11 is 0. The summed E-state index contributed by atoms with van der Waals surface area (Å²) in [6.07, 6.45) is 1.61. The first-order valence-corrected chi connectivity index (χ1v) is 7.34. The van der Waals surface area contributed by atoms with E-state index in [1.54, 1.807) is 10.8 Å². The Morgan fingerprint density at radius 1 is 1.05 bits per heavy atom. The largest absolute Gasteiger partial charge is 0.308 e.